The minimum atomic E-state index is -2.72. The largest absolute Gasteiger partial charge is 0.331 e. The highest BCUT2D eigenvalue weighted by molar-refractivity contribution is 7.16. The Morgan fingerprint density at radius 2 is 1.11 bits per heavy atom. The molecule has 0 radical (unpaired) electrons. The first-order chi connectivity index (χ1) is 22.2. The fraction of sp³-hybridized carbons (Fsp3) is 0.0714. The number of hydrogen-bond donors (Lipinski definition) is 0. The molecule has 2 nitrogen and oxygen atoms in total. The van der Waals surface area contributed by atoms with Crippen LogP contribution in [0.3, 0.4) is 0 Å². The lowest BCUT2D eigenvalue weighted by Crippen LogP contribution is -2.68. The SMILES string of the molecule is CC12C=CC([Si](c3ccccc3)(c3ccccc3)c3ccc(-c4ccccc4)cc3)=CC1c1ccccc1N2c1ccncc1. The van der Waals surface area contributed by atoms with Crippen LogP contribution < -0.4 is 20.5 Å². The Morgan fingerprint density at radius 3 is 1.76 bits per heavy atom. The predicted molar refractivity (Wildman–Crippen MR) is 191 cm³/mol. The average Bonchev–Trinajstić information content (AvgIpc) is 3.38. The molecule has 0 saturated heterocycles. The number of rotatable bonds is 6. The normalized spacial score (nSPS) is 18.6. The van der Waals surface area contributed by atoms with Gasteiger partial charge in [-0.05, 0) is 62.6 Å². The van der Waals surface area contributed by atoms with Gasteiger partial charge in [-0.15, -0.1) is 0 Å². The van der Waals surface area contributed by atoms with Gasteiger partial charge in [0, 0.05) is 29.7 Å². The molecule has 5 aromatic carbocycles. The zero-order chi connectivity index (χ0) is 30.3. The molecule has 45 heavy (non-hydrogen) atoms. The molecule has 0 spiro atoms. The monoisotopic (exact) mass is 594 g/mol. The van der Waals surface area contributed by atoms with E-state index in [0.29, 0.717) is 0 Å². The highest BCUT2D eigenvalue weighted by atomic mass is 28.3. The summed E-state index contributed by atoms with van der Waals surface area (Å²) in [6.45, 7) is 2.38. The molecule has 8 rings (SSSR count). The summed E-state index contributed by atoms with van der Waals surface area (Å²) < 4.78 is 0. The van der Waals surface area contributed by atoms with E-state index in [0.717, 1.165) is 5.69 Å². The Hall–Kier alpha value is -5.25. The molecule has 0 fully saturated rings. The van der Waals surface area contributed by atoms with Gasteiger partial charge >= 0.3 is 0 Å². The average molecular weight is 595 g/mol. The second kappa shape index (κ2) is 11.0. The van der Waals surface area contributed by atoms with Crippen LogP contribution in [0.4, 0.5) is 11.4 Å². The molecule has 0 saturated carbocycles. The van der Waals surface area contributed by atoms with E-state index in [1.165, 1.54) is 43.1 Å². The number of nitrogens with zero attached hydrogens (tertiary/aromatic N) is 2. The van der Waals surface area contributed by atoms with E-state index >= 15 is 0 Å². The van der Waals surface area contributed by atoms with Gasteiger partial charge in [-0.3, -0.25) is 4.98 Å². The van der Waals surface area contributed by atoms with Crippen LogP contribution in [0.1, 0.15) is 18.4 Å². The van der Waals surface area contributed by atoms with Crippen LogP contribution in [-0.4, -0.2) is 18.6 Å². The molecule has 2 heterocycles. The third-order valence-corrected chi connectivity index (χ3v) is 14.6. The van der Waals surface area contributed by atoms with E-state index in [1.54, 1.807) is 0 Å². The van der Waals surface area contributed by atoms with Gasteiger partial charge in [0.1, 0.15) is 0 Å². The molecule has 1 aliphatic carbocycles. The minimum Gasteiger partial charge on any atom is -0.331 e. The number of fused-ring (bicyclic) bond motifs is 3. The van der Waals surface area contributed by atoms with Crippen molar-refractivity contribution in [1.82, 2.24) is 4.98 Å². The van der Waals surface area contributed by atoms with Gasteiger partial charge in [-0.2, -0.15) is 0 Å². The van der Waals surface area contributed by atoms with Crippen molar-refractivity contribution < 1.29 is 0 Å². The number of anilines is 2. The second-order valence-electron chi connectivity index (χ2n) is 12.2. The maximum absolute atomic E-state index is 4.32. The molecular formula is C42H34N2Si. The van der Waals surface area contributed by atoms with Crippen molar-refractivity contribution in [3.8, 4) is 11.1 Å². The van der Waals surface area contributed by atoms with E-state index in [1.807, 2.05) is 12.4 Å². The lowest BCUT2D eigenvalue weighted by molar-refractivity contribution is 0.541. The number of allylic oxidation sites excluding steroid dienone is 2. The molecular weight excluding hydrogens is 561 g/mol. The maximum Gasteiger partial charge on any atom is 0.179 e. The van der Waals surface area contributed by atoms with Crippen LogP contribution >= 0.6 is 0 Å². The van der Waals surface area contributed by atoms with Crippen LogP contribution in [0.15, 0.2) is 187 Å². The molecule has 216 valence electrons. The van der Waals surface area contributed by atoms with Crippen LogP contribution in [0.25, 0.3) is 11.1 Å². The van der Waals surface area contributed by atoms with Crippen molar-refractivity contribution in [3.05, 3.63) is 193 Å². The quantitative estimate of drug-likeness (QED) is 0.144. The number of benzene rings is 5. The van der Waals surface area contributed by atoms with Crippen molar-refractivity contribution in [2.24, 2.45) is 0 Å². The molecule has 6 aromatic rings. The van der Waals surface area contributed by atoms with E-state index < -0.39 is 8.07 Å². The summed E-state index contributed by atoms with van der Waals surface area (Å²) in [5.74, 6) is 0.185. The number of aromatic nitrogens is 1. The van der Waals surface area contributed by atoms with Gasteiger partial charge in [0.05, 0.1) is 5.54 Å². The predicted octanol–water partition coefficient (Wildman–Crippen LogP) is 7.95. The first-order valence-electron chi connectivity index (χ1n) is 15.7. The van der Waals surface area contributed by atoms with Crippen molar-refractivity contribution in [1.29, 1.82) is 0 Å². The molecule has 3 heteroatoms. The highest BCUT2D eigenvalue weighted by Crippen LogP contribution is 2.54. The van der Waals surface area contributed by atoms with E-state index in [-0.39, 0.29) is 11.5 Å². The zero-order valence-electron chi connectivity index (χ0n) is 25.3. The van der Waals surface area contributed by atoms with Gasteiger partial charge in [-0.25, -0.2) is 0 Å². The molecule has 1 aliphatic heterocycles. The third-order valence-electron chi connectivity index (χ3n) is 9.76. The fourth-order valence-electron chi connectivity index (χ4n) is 7.68. The lowest BCUT2D eigenvalue weighted by Gasteiger charge is -2.43. The summed E-state index contributed by atoms with van der Waals surface area (Å²) in [7, 11) is -2.72. The Balaban J connectivity index is 1.37. The fourth-order valence-corrected chi connectivity index (χ4v) is 12.5. The standard InChI is InChI=1S/C42H34N2Si/c1-42-28-25-38(31-40(42)39-19-11-12-20-41(39)44(42)34-26-29-43-30-27-34)45(35-15-7-3-8-16-35,36-17-9-4-10-18-36)37-23-21-33(22-24-37)32-13-5-2-6-14-32/h2-31,40H,1H3. The van der Waals surface area contributed by atoms with Crippen molar-refractivity contribution in [2.45, 2.75) is 18.4 Å². The highest BCUT2D eigenvalue weighted by Gasteiger charge is 2.51. The van der Waals surface area contributed by atoms with Crippen LogP contribution in [0, 0.1) is 0 Å². The summed E-state index contributed by atoms with van der Waals surface area (Å²) in [5, 5.41) is 5.58. The molecule has 2 atom stereocenters. The topological polar surface area (TPSA) is 16.1 Å². The molecule has 0 bridgehead atoms. The summed E-state index contributed by atoms with van der Waals surface area (Å²) in [4.78, 5) is 6.82. The number of hydrogen-bond acceptors (Lipinski definition) is 2. The summed E-state index contributed by atoms with van der Waals surface area (Å²) in [5.41, 5.74) is 6.01. The van der Waals surface area contributed by atoms with E-state index in [4.69, 9.17) is 0 Å². The lowest BCUT2D eigenvalue weighted by atomic mass is 9.80. The minimum absolute atomic E-state index is 0.185. The first kappa shape index (κ1) is 27.3. The Bertz CT molecular complexity index is 1960. The van der Waals surface area contributed by atoms with Crippen LogP contribution in [-0.2, 0) is 0 Å². The maximum atomic E-state index is 4.32. The number of pyridine rings is 1. The van der Waals surface area contributed by atoms with Crippen LogP contribution in [0.2, 0.25) is 0 Å². The smallest absolute Gasteiger partial charge is 0.179 e. The molecule has 1 aromatic heterocycles. The molecule has 0 amide bonds. The third kappa shape index (κ3) is 4.34. The van der Waals surface area contributed by atoms with Gasteiger partial charge in [0.25, 0.3) is 0 Å². The van der Waals surface area contributed by atoms with Gasteiger partial charge in [0.15, 0.2) is 8.07 Å². The Morgan fingerprint density at radius 1 is 0.578 bits per heavy atom. The van der Waals surface area contributed by atoms with E-state index in [9.17, 15) is 0 Å². The van der Waals surface area contributed by atoms with Crippen molar-refractivity contribution in [3.63, 3.8) is 0 Å². The van der Waals surface area contributed by atoms with Crippen LogP contribution in [0.5, 0.6) is 0 Å². The molecule has 2 unspecified atom stereocenters. The summed E-state index contributed by atoms with van der Waals surface area (Å²) in [6.07, 6.45) is 11.3. The Labute approximate surface area is 266 Å². The second-order valence-corrected chi connectivity index (χ2v) is 16.0. The van der Waals surface area contributed by atoms with E-state index in [2.05, 4.69) is 187 Å². The van der Waals surface area contributed by atoms with Crippen molar-refractivity contribution >= 4 is 35.0 Å². The molecule has 2 aliphatic rings. The first-order valence-corrected chi connectivity index (χ1v) is 17.7. The zero-order valence-corrected chi connectivity index (χ0v) is 26.3. The summed E-state index contributed by atoms with van der Waals surface area (Å²) in [6, 6.07) is 55.7. The van der Waals surface area contributed by atoms with Crippen molar-refractivity contribution in [2.75, 3.05) is 4.90 Å². The van der Waals surface area contributed by atoms with Gasteiger partial charge < -0.3 is 4.90 Å². The van der Waals surface area contributed by atoms with Gasteiger partial charge in [0.2, 0.25) is 0 Å². The Kier molecular flexibility index (Phi) is 6.69. The van der Waals surface area contributed by atoms with Gasteiger partial charge in [-0.1, -0.05) is 152 Å². The molecule has 0 N–H and O–H groups in total. The number of para-hydroxylation sites is 1. The summed E-state index contributed by atoms with van der Waals surface area (Å²) >= 11 is 0.